The van der Waals surface area contributed by atoms with Crippen molar-refractivity contribution in [3.05, 3.63) is 50.1 Å². The van der Waals surface area contributed by atoms with E-state index in [2.05, 4.69) is 31.5 Å². The van der Waals surface area contributed by atoms with Gasteiger partial charge in [0.15, 0.2) is 0 Å². The largest absolute Gasteiger partial charge is 0.333 e. The number of carbonyl (C=O) groups excluding carboxylic acids is 1. The molecule has 0 bridgehead atoms. The fourth-order valence-corrected chi connectivity index (χ4v) is 4.13. The van der Waals surface area contributed by atoms with Crippen LogP contribution in [0, 0.1) is 0 Å². The van der Waals surface area contributed by atoms with E-state index in [-0.39, 0.29) is 6.03 Å². The van der Waals surface area contributed by atoms with E-state index in [0.29, 0.717) is 13.1 Å². The number of para-hydroxylation sites is 1. The Morgan fingerprint density at radius 2 is 2.05 bits per heavy atom. The highest BCUT2D eigenvalue weighted by Crippen LogP contribution is 2.21. The van der Waals surface area contributed by atoms with Gasteiger partial charge in [0.05, 0.1) is 23.3 Å². The molecule has 2 aromatic heterocycles. The van der Waals surface area contributed by atoms with Crippen LogP contribution < -0.4 is 10.6 Å². The Morgan fingerprint density at radius 3 is 2.81 bits per heavy atom. The SMILES string of the molecule is O=C(NCc1cc(Br)cs1)NCc1nc2ccccc2s1. The second-order valence-electron chi connectivity index (χ2n) is 4.34. The van der Waals surface area contributed by atoms with Crippen molar-refractivity contribution in [2.45, 2.75) is 13.1 Å². The van der Waals surface area contributed by atoms with E-state index in [1.165, 1.54) is 0 Å². The number of thiazole rings is 1. The number of benzene rings is 1. The summed E-state index contributed by atoms with van der Waals surface area (Å²) in [6, 6.07) is 9.78. The van der Waals surface area contributed by atoms with Crippen LogP contribution >= 0.6 is 38.6 Å². The number of aromatic nitrogens is 1. The van der Waals surface area contributed by atoms with Crippen LogP contribution in [0.25, 0.3) is 10.2 Å². The Hall–Kier alpha value is -1.44. The molecule has 3 rings (SSSR count). The van der Waals surface area contributed by atoms with Crippen molar-refractivity contribution in [3.8, 4) is 0 Å². The highest BCUT2D eigenvalue weighted by molar-refractivity contribution is 9.10. The topological polar surface area (TPSA) is 54.0 Å². The molecule has 0 saturated carbocycles. The predicted octanol–water partition coefficient (Wildman–Crippen LogP) is 4.12. The molecule has 4 nitrogen and oxygen atoms in total. The summed E-state index contributed by atoms with van der Waals surface area (Å²) in [6.45, 7) is 0.973. The van der Waals surface area contributed by atoms with Crippen molar-refractivity contribution in [3.63, 3.8) is 0 Å². The van der Waals surface area contributed by atoms with Crippen molar-refractivity contribution in [1.29, 1.82) is 0 Å². The molecule has 1 aromatic carbocycles. The highest BCUT2D eigenvalue weighted by atomic mass is 79.9. The minimum atomic E-state index is -0.182. The summed E-state index contributed by atoms with van der Waals surface area (Å²) in [7, 11) is 0. The quantitative estimate of drug-likeness (QED) is 0.713. The van der Waals surface area contributed by atoms with Crippen LogP contribution in [0.4, 0.5) is 4.79 Å². The second kappa shape index (κ2) is 6.55. The molecule has 2 heterocycles. The van der Waals surface area contributed by atoms with Gasteiger partial charge in [-0.3, -0.25) is 0 Å². The molecule has 0 radical (unpaired) electrons. The molecule has 0 fully saturated rings. The highest BCUT2D eigenvalue weighted by Gasteiger charge is 2.06. The van der Waals surface area contributed by atoms with Gasteiger partial charge in [0.2, 0.25) is 0 Å². The van der Waals surface area contributed by atoms with E-state index in [9.17, 15) is 4.79 Å². The molecule has 0 spiro atoms. The summed E-state index contributed by atoms with van der Waals surface area (Å²) in [5.74, 6) is 0. The number of urea groups is 1. The molecule has 3 aromatic rings. The van der Waals surface area contributed by atoms with Crippen molar-refractivity contribution in [2.75, 3.05) is 0 Å². The number of fused-ring (bicyclic) bond motifs is 1. The van der Waals surface area contributed by atoms with E-state index < -0.39 is 0 Å². The minimum Gasteiger partial charge on any atom is -0.333 e. The molecular weight excluding hydrogens is 370 g/mol. The van der Waals surface area contributed by atoms with Gasteiger partial charge in [0.1, 0.15) is 5.01 Å². The number of nitrogens with zero attached hydrogens (tertiary/aromatic N) is 1. The zero-order valence-corrected chi connectivity index (χ0v) is 14.1. The first kappa shape index (κ1) is 14.5. The summed E-state index contributed by atoms with van der Waals surface area (Å²) in [5, 5.41) is 8.56. The number of amides is 2. The molecule has 108 valence electrons. The van der Waals surface area contributed by atoms with Crippen LogP contribution in [0.3, 0.4) is 0 Å². The summed E-state index contributed by atoms with van der Waals surface area (Å²) >= 11 is 6.60. The minimum absolute atomic E-state index is 0.182. The Balaban J connectivity index is 1.51. The predicted molar refractivity (Wildman–Crippen MR) is 90.7 cm³/mol. The molecule has 21 heavy (non-hydrogen) atoms. The van der Waals surface area contributed by atoms with E-state index in [1.54, 1.807) is 22.7 Å². The Morgan fingerprint density at radius 1 is 1.24 bits per heavy atom. The van der Waals surface area contributed by atoms with Gasteiger partial charge in [-0.2, -0.15) is 0 Å². The van der Waals surface area contributed by atoms with Crippen molar-refractivity contribution in [1.82, 2.24) is 15.6 Å². The van der Waals surface area contributed by atoms with Crippen molar-refractivity contribution < 1.29 is 4.79 Å². The molecule has 0 aliphatic carbocycles. The third-order valence-electron chi connectivity index (χ3n) is 2.78. The van der Waals surface area contributed by atoms with Gasteiger partial charge in [-0.15, -0.1) is 22.7 Å². The number of rotatable bonds is 4. The van der Waals surface area contributed by atoms with Crippen LogP contribution in [0.1, 0.15) is 9.88 Å². The molecule has 2 N–H and O–H groups in total. The summed E-state index contributed by atoms with van der Waals surface area (Å²) in [4.78, 5) is 17.3. The number of carbonyl (C=O) groups is 1. The molecule has 2 amide bonds. The Labute approximate surface area is 138 Å². The normalized spacial score (nSPS) is 10.7. The van der Waals surface area contributed by atoms with Gasteiger partial charge < -0.3 is 10.6 Å². The summed E-state index contributed by atoms with van der Waals surface area (Å²) < 4.78 is 2.18. The molecule has 0 atom stereocenters. The van der Waals surface area contributed by atoms with Crippen LogP contribution in [0.5, 0.6) is 0 Å². The maximum absolute atomic E-state index is 11.8. The van der Waals surface area contributed by atoms with Crippen LogP contribution in [0.2, 0.25) is 0 Å². The van der Waals surface area contributed by atoms with Gasteiger partial charge in [0.25, 0.3) is 0 Å². The second-order valence-corrected chi connectivity index (χ2v) is 7.37. The van der Waals surface area contributed by atoms with Gasteiger partial charge in [-0.05, 0) is 34.1 Å². The first-order valence-electron chi connectivity index (χ1n) is 6.30. The molecule has 0 aliphatic rings. The van der Waals surface area contributed by atoms with Crippen molar-refractivity contribution >= 4 is 54.9 Å². The Kier molecular flexibility index (Phi) is 4.52. The lowest BCUT2D eigenvalue weighted by Crippen LogP contribution is -2.34. The molecule has 0 saturated heterocycles. The molecule has 0 aliphatic heterocycles. The third kappa shape index (κ3) is 3.81. The standard InChI is InChI=1S/C14H12BrN3OS2/c15-9-5-10(20-8-9)6-16-14(19)17-7-13-18-11-3-1-2-4-12(11)21-13/h1-5,8H,6-7H2,(H2,16,17,19). The van der Waals surface area contributed by atoms with Crippen LogP contribution in [0.15, 0.2) is 40.2 Å². The maximum atomic E-state index is 11.8. The van der Waals surface area contributed by atoms with Gasteiger partial charge in [-0.25, -0.2) is 9.78 Å². The zero-order valence-electron chi connectivity index (χ0n) is 10.9. The smallest absolute Gasteiger partial charge is 0.315 e. The number of thiophene rings is 1. The lowest BCUT2D eigenvalue weighted by Gasteiger charge is -2.04. The lowest BCUT2D eigenvalue weighted by atomic mass is 10.3. The zero-order chi connectivity index (χ0) is 14.7. The first-order chi connectivity index (χ1) is 10.2. The lowest BCUT2D eigenvalue weighted by molar-refractivity contribution is 0.240. The van der Waals surface area contributed by atoms with E-state index in [4.69, 9.17) is 0 Å². The van der Waals surface area contributed by atoms with E-state index in [1.807, 2.05) is 35.7 Å². The average molecular weight is 382 g/mol. The first-order valence-corrected chi connectivity index (χ1v) is 8.79. The molecule has 0 unspecified atom stereocenters. The molecular formula is C14H12BrN3OS2. The fourth-order valence-electron chi connectivity index (χ4n) is 1.83. The molecule has 7 heteroatoms. The average Bonchev–Trinajstić information content (AvgIpc) is 3.08. The van der Waals surface area contributed by atoms with Crippen LogP contribution in [-0.4, -0.2) is 11.0 Å². The third-order valence-corrected chi connectivity index (χ3v) is 5.52. The van der Waals surface area contributed by atoms with E-state index >= 15 is 0 Å². The maximum Gasteiger partial charge on any atom is 0.315 e. The summed E-state index contributed by atoms with van der Waals surface area (Å²) in [5.41, 5.74) is 0.975. The van der Waals surface area contributed by atoms with Crippen LogP contribution in [-0.2, 0) is 13.1 Å². The monoisotopic (exact) mass is 381 g/mol. The fraction of sp³-hybridized carbons (Fsp3) is 0.143. The number of hydrogen-bond donors (Lipinski definition) is 2. The Bertz CT molecular complexity index is 735. The van der Waals surface area contributed by atoms with Crippen molar-refractivity contribution in [2.24, 2.45) is 0 Å². The van der Waals surface area contributed by atoms with E-state index in [0.717, 1.165) is 24.6 Å². The van der Waals surface area contributed by atoms with Gasteiger partial charge >= 0.3 is 6.03 Å². The number of halogens is 1. The summed E-state index contributed by atoms with van der Waals surface area (Å²) in [6.07, 6.45) is 0. The number of hydrogen-bond acceptors (Lipinski definition) is 4. The van der Waals surface area contributed by atoms with Gasteiger partial charge in [-0.1, -0.05) is 12.1 Å². The van der Waals surface area contributed by atoms with Gasteiger partial charge in [0, 0.05) is 14.7 Å². The number of nitrogens with one attached hydrogen (secondary N) is 2.